The van der Waals surface area contributed by atoms with Crippen LogP contribution in [0.25, 0.3) is 0 Å². The number of benzene rings is 3. The van der Waals surface area contributed by atoms with Crippen LogP contribution in [-0.2, 0) is 0 Å². The summed E-state index contributed by atoms with van der Waals surface area (Å²) < 4.78 is 17.4. The minimum atomic E-state index is -0.164. The number of nitrogens with one attached hydrogen (secondary N) is 1. The van der Waals surface area contributed by atoms with Gasteiger partial charge >= 0.3 is 0 Å². The van der Waals surface area contributed by atoms with Crippen molar-refractivity contribution in [3.05, 3.63) is 83.9 Å². The van der Waals surface area contributed by atoms with Crippen LogP contribution in [0.4, 0.5) is 0 Å². The van der Waals surface area contributed by atoms with Crippen LogP contribution in [0.1, 0.15) is 42.2 Å². The molecule has 3 aromatic rings. The second-order valence-corrected chi connectivity index (χ2v) is 7.89. The van der Waals surface area contributed by atoms with Crippen molar-refractivity contribution in [2.45, 2.75) is 26.3 Å². The van der Waals surface area contributed by atoms with E-state index in [0.717, 1.165) is 29.2 Å². The van der Waals surface area contributed by atoms with E-state index >= 15 is 0 Å². The first-order chi connectivity index (χ1) is 15.1. The molecule has 160 valence electrons. The number of carbonyl (C=O) groups is 1. The lowest BCUT2D eigenvalue weighted by Crippen LogP contribution is -2.31. The second kappa shape index (κ2) is 9.56. The van der Waals surface area contributed by atoms with Gasteiger partial charge in [-0.25, -0.2) is 0 Å². The largest absolute Gasteiger partial charge is 0.490 e. The van der Waals surface area contributed by atoms with Crippen molar-refractivity contribution < 1.29 is 19.0 Å². The van der Waals surface area contributed by atoms with Crippen LogP contribution in [0.15, 0.2) is 72.8 Å². The minimum absolute atomic E-state index is 0.149. The van der Waals surface area contributed by atoms with Gasteiger partial charge in [-0.2, -0.15) is 0 Å². The lowest BCUT2D eigenvalue weighted by Gasteiger charge is -2.24. The number of rotatable bonds is 6. The van der Waals surface area contributed by atoms with Crippen molar-refractivity contribution in [1.29, 1.82) is 0 Å². The molecule has 0 saturated heterocycles. The molecule has 0 radical (unpaired) electrons. The summed E-state index contributed by atoms with van der Waals surface area (Å²) in [7, 11) is 0. The minimum Gasteiger partial charge on any atom is -0.490 e. The van der Waals surface area contributed by atoms with Crippen LogP contribution in [0, 0.1) is 5.92 Å². The van der Waals surface area contributed by atoms with E-state index in [1.54, 1.807) is 12.1 Å². The van der Waals surface area contributed by atoms with Crippen molar-refractivity contribution in [1.82, 2.24) is 5.32 Å². The molecule has 0 bridgehead atoms. The zero-order valence-electron chi connectivity index (χ0n) is 17.8. The SMILES string of the molecule is CC(C)[C@@H](NC(=O)c1cccc(Oc2ccccc2)c1)c1ccc2c(c1)OCCCO2. The van der Waals surface area contributed by atoms with Crippen molar-refractivity contribution in [2.24, 2.45) is 5.92 Å². The molecule has 1 N–H and O–H groups in total. The Labute approximate surface area is 183 Å². The fourth-order valence-electron chi connectivity index (χ4n) is 3.56. The Morgan fingerprint density at radius 1 is 0.871 bits per heavy atom. The summed E-state index contributed by atoms with van der Waals surface area (Å²) in [5, 5.41) is 3.17. The third-order valence-corrected chi connectivity index (χ3v) is 5.16. The Morgan fingerprint density at radius 2 is 1.61 bits per heavy atom. The van der Waals surface area contributed by atoms with E-state index in [1.165, 1.54) is 0 Å². The van der Waals surface area contributed by atoms with Crippen LogP contribution in [0.2, 0.25) is 0 Å². The van der Waals surface area contributed by atoms with Gasteiger partial charge in [0.15, 0.2) is 11.5 Å². The Morgan fingerprint density at radius 3 is 2.39 bits per heavy atom. The van der Waals surface area contributed by atoms with Crippen molar-refractivity contribution >= 4 is 5.91 Å². The summed E-state index contributed by atoms with van der Waals surface area (Å²) in [6, 6.07) is 22.5. The first kappa shape index (κ1) is 20.8. The van der Waals surface area contributed by atoms with Crippen molar-refractivity contribution in [3.8, 4) is 23.0 Å². The van der Waals surface area contributed by atoms with Gasteiger partial charge in [0.2, 0.25) is 0 Å². The van der Waals surface area contributed by atoms with Gasteiger partial charge in [-0.15, -0.1) is 0 Å². The fourth-order valence-corrected chi connectivity index (χ4v) is 3.56. The molecular weight excluding hydrogens is 390 g/mol. The number of carbonyl (C=O) groups excluding carboxylic acids is 1. The van der Waals surface area contributed by atoms with Crippen LogP contribution < -0.4 is 19.5 Å². The van der Waals surface area contributed by atoms with Gasteiger partial charge in [-0.3, -0.25) is 4.79 Å². The van der Waals surface area contributed by atoms with Crippen LogP contribution in [0.5, 0.6) is 23.0 Å². The summed E-state index contributed by atoms with van der Waals surface area (Å²) in [6.45, 7) is 5.45. The third kappa shape index (κ3) is 5.18. The summed E-state index contributed by atoms with van der Waals surface area (Å²) in [4.78, 5) is 13.1. The maximum absolute atomic E-state index is 13.1. The average Bonchev–Trinajstić information content (AvgIpc) is 3.03. The maximum atomic E-state index is 13.1. The molecule has 0 saturated carbocycles. The van der Waals surface area contributed by atoms with E-state index in [9.17, 15) is 4.79 Å². The molecule has 1 aliphatic heterocycles. The molecule has 1 amide bonds. The van der Waals surface area contributed by atoms with E-state index in [-0.39, 0.29) is 17.9 Å². The number of para-hydroxylation sites is 1. The molecule has 0 spiro atoms. The topological polar surface area (TPSA) is 56.8 Å². The maximum Gasteiger partial charge on any atom is 0.251 e. The molecule has 0 aromatic heterocycles. The smallest absolute Gasteiger partial charge is 0.251 e. The summed E-state index contributed by atoms with van der Waals surface area (Å²) in [5.41, 5.74) is 1.54. The normalized spacial score (nSPS) is 13.9. The lowest BCUT2D eigenvalue weighted by atomic mass is 9.95. The van der Waals surface area contributed by atoms with Crippen LogP contribution in [0.3, 0.4) is 0 Å². The van der Waals surface area contributed by atoms with E-state index in [0.29, 0.717) is 24.5 Å². The van der Waals surface area contributed by atoms with Gasteiger partial charge in [-0.1, -0.05) is 44.2 Å². The second-order valence-electron chi connectivity index (χ2n) is 7.89. The zero-order chi connectivity index (χ0) is 21.6. The summed E-state index contributed by atoms with van der Waals surface area (Å²) in [5.74, 6) is 2.87. The molecule has 1 aliphatic rings. The highest BCUT2D eigenvalue weighted by Gasteiger charge is 2.22. The number of ether oxygens (including phenoxy) is 3. The Kier molecular flexibility index (Phi) is 6.41. The molecule has 3 aromatic carbocycles. The first-order valence-electron chi connectivity index (χ1n) is 10.6. The Bertz CT molecular complexity index is 1030. The fraction of sp³-hybridized carbons (Fsp3) is 0.269. The highest BCUT2D eigenvalue weighted by atomic mass is 16.5. The zero-order valence-corrected chi connectivity index (χ0v) is 17.8. The molecule has 31 heavy (non-hydrogen) atoms. The van der Waals surface area contributed by atoms with Crippen molar-refractivity contribution in [3.63, 3.8) is 0 Å². The highest BCUT2D eigenvalue weighted by Crippen LogP contribution is 2.34. The van der Waals surface area contributed by atoms with Gasteiger partial charge in [0.05, 0.1) is 19.3 Å². The van der Waals surface area contributed by atoms with E-state index < -0.39 is 0 Å². The predicted molar refractivity (Wildman–Crippen MR) is 120 cm³/mol. The molecule has 5 nitrogen and oxygen atoms in total. The molecule has 5 heteroatoms. The van der Waals surface area contributed by atoms with Gasteiger partial charge in [0.25, 0.3) is 5.91 Å². The summed E-state index contributed by atoms with van der Waals surface area (Å²) in [6.07, 6.45) is 0.857. The van der Waals surface area contributed by atoms with Gasteiger partial charge < -0.3 is 19.5 Å². The van der Waals surface area contributed by atoms with Gasteiger partial charge in [0, 0.05) is 12.0 Å². The Hall–Kier alpha value is -3.47. The molecule has 4 rings (SSSR count). The van der Waals surface area contributed by atoms with E-state index in [2.05, 4.69) is 19.2 Å². The standard InChI is InChI=1S/C26H27NO4/c1-18(2)25(19-12-13-23-24(17-19)30-15-7-14-29-23)27-26(28)20-8-6-11-22(16-20)31-21-9-4-3-5-10-21/h3-6,8-13,16-18,25H,7,14-15H2,1-2H3,(H,27,28)/t25-/m1/s1. The number of fused-ring (bicyclic) bond motifs is 1. The molecular formula is C26H27NO4. The van der Waals surface area contributed by atoms with Crippen LogP contribution in [-0.4, -0.2) is 19.1 Å². The van der Waals surface area contributed by atoms with Crippen LogP contribution >= 0.6 is 0 Å². The van der Waals surface area contributed by atoms with E-state index in [4.69, 9.17) is 14.2 Å². The van der Waals surface area contributed by atoms with Crippen molar-refractivity contribution in [2.75, 3.05) is 13.2 Å². The lowest BCUT2D eigenvalue weighted by molar-refractivity contribution is 0.0925. The predicted octanol–water partition coefficient (Wildman–Crippen LogP) is 5.77. The third-order valence-electron chi connectivity index (χ3n) is 5.16. The number of hydrogen-bond acceptors (Lipinski definition) is 4. The number of hydrogen-bond donors (Lipinski definition) is 1. The van der Waals surface area contributed by atoms with Gasteiger partial charge in [-0.05, 0) is 53.9 Å². The monoisotopic (exact) mass is 417 g/mol. The molecule has 0 fully saturated rings. The van der Waals surface area contributed by atoms with E-state index in [1.807, 2.05) is 60.7 Å². The number of amides is 1. The summed E-state index contributed by atoms with van der Waals surface area (Å²) >= 11 is 0. The first-order valence-corrected chi connectivity index (χ1v) is 10.6. The molecule has 1 atom stereocenters. The molecule has 0 aliphatic carbocycles. The average molecular weight is 418 g/mol. The van der Waals surface area contributed by atoms with Gasteiger partial charge in [0.1, 0.15) is 11.5 Å². The molecule has 0 unspecified atom stereocenters. The molecule has 1 heterocycles. The quantitative estimate of drug-likeness (QED) is 0.553. The Balaban J connectivity index is 1.52. The highest BCUT2D eigenvalue weighted by molar-refractivity contribution is 5.94.